The fourth-order valence-corrected chi connectivity index (χ4v) is 2.01. The Hall–Kier alpha value is -2.62. The zero-order valence-electron chi connectivity index (χ0n) is 10.4. The fourth-order valence-electron chi connectivity index (χ4n) is 2.01. The van der Waals surface area contributed by atoms with E-state index in [1.54, 1.807) is 25.4 Å². The second-order valence-corrected chi connectivity index (χ2v) is 4.18. The van der Waals surface area contributed by atoms with Gasteiger partial charge in [0.15, 0.2) is 0 Å². The lowest BCUT2D eigenvalue weighted by Gasteiger charge is -2.05. The smallest absolute Gasteiger partial charge is 0.257 e. The zero-order valence-corrected chi connectivity index (χ0v) is 10.4. The fraction of sp³-hybridized carbons (Fsp3) is 0.0667. The van der Waals surface area contributed by atoms with E-state index in [1.165, 1.54) is 0 Å². The van der Waals surface area contributed by atoms with E-state index in [2.05, 4.69) is 9.97 Å². The van der Waals surface area contributed by atoms with Crippen LogP contribution in [0.2, 0.25) is 0 Å². The molecule has 1 N–H and O–H groups in total. The van der Waals surface area contributed by atoms with Crippen molar-refractivity contribution in [2.75, 3.05) is 7.11 Å². The van der Waals surface area contributed by atoms with Gasteiger partial charge in [0.05, 0.1) is 23.7 Å². The van der Waals surface area contributed by atoms with Crippen molar-refractivity contribution in [1.29, 1.82) is 0 Å². The molecule has 0 atom stereocenters. The lowest BCUT2D eigenvalue weighted by molar-refractivity contribution is 0.415. The van der Waals surface area contributed by atoms with Crippen molar-refractivity contribution in [3.8, 4) is 17.0 Å². The average Bonchev–Trinajstić information content (AvgIpc) is 2.47. The molecule has 4 heteroatoms. The maximum atomic E-state index is 12.0. The number of nitrogens with zero attached hydrogens (tertiary/aromatic N) is 1. The highest BCUT2D eigenvalue weighted by Gasteiger charge is 2.04. The number of H-pyrrole nitrogens is 1. The molecule has 0 aliphatic carbocycles. The Morgan fingerprint density at radius 3 is 2.68 bits per heavy atom. The molecule has 0 spiro atoms. The number of ether oxygens (including phenoxy) is 1. The second kappa shape index (κ2) is 4.57. The van der Waals surface area contributed by atoms with Gasteiger partial charge in [-0.1, -0.05) is 0 Å². The largest absolute Gasteiger partial charge is 0.497 e. The van der Waals surface area contributed by atoms with Gasteiger partial charge >= 0.3 is 0 Å². The predicted octanol–water partition coefficient (Wildman–Crippen LogP) is 2.60. The first-order chi connectivity index (χ1) is 9.28. The van der Waals surface area contributed by atoms with Gasteiger partial charge < -0.3 is 9.72 Å². The Bertz CT molecular complexity index is 776. The number of pyridine rings is 2. The van der Waals surface area contributed by atoms with Crippen LogP contribution in [-0.4, -0.2) is 17.1 Å². The molecule has 94 valence electrons. The summed E-state index contributed by atoms with van der Waals surface area (Å²) in [5.74, 6) is 0.782. The summed E-state index contributed by atoms with van der Waals surface area (Å²) in [7, 11) is 1.62. The average molecular weight is 252 g/mol. The molecule has 4 nitrogen and oxygen atoms in total. The van der Waals surface area contributed by atoms with Crippen LogP contribution in [0.4, 0.5) is 0 Å². The summed E-state index contributed by atoms with van der Waals surface area (Å²) in [6.45, 7) is 0. The van der Waals surface area contributed by atoms with Gasteiger partial charge in [-0.2, -0.15) is 0 Å². The Labute approximate surface area is 109 Å². The maximum Gasteiger partial charge on any atom is 0.257 e. The number of benzene rings is 1. The minimum absolute atomic E-state index is 0.128. The van der Waals surface area contributed by atoms with E-state index in [-0.39, 0.29) is 5.56 Å². The Kier molecular flexibility index (Phi) is 2.76. The van der Waals surface area contributed by atoms with Gasteiger partial charge in [0.2, 0.25) is 0 Å². The zero-order chi connectivity index (χ0) is 13.2. The SMILES string of the molecule is COc1ccc(-c2cc3ncccc3c(=O)[nH]2)cc1. The molecule has 0 unspecified atom stereocenters. The third-order valence-electron chi connectivity index (χ3n) is 3.01. The van der Waals surface area contributed by atoms with Crippen LogP contribution >= 0.6 is 0 Å². The van der Waals surface area contributed by atoms with E-state index in [0.717, 1.165) is 17.0 Å². The van der Waals surface area contributed by atoms with Crippen molar-refractivity contribution in [3.63, 3.8) is 0 Å². The van der Waals surface area contributed by atoms with Crippen molar-refractivity contribution in [2.24, 2.45) is 0 Å². The molecule has 2 aromatic heterocycles. The quantitative estimate of drug-likeness (QED) is 0.762. The Morgan fingerprint density at radius 1 is 1.16 bits per heavy atom. The number of nitrogens with one attached hydrogen (secondary N) is 1. The van der Waals surface area contributed by atoms with E-state index in [4.69, 9.17) is 4.74 Å². The predicted molar refractivity (Wildman–Crippen MR) is 74.4 cm³/mol. The number of rotatable bonds is 2. The van der Waals surface area contributed by atoms with Crippen LogP contribution < -0.4 is 10.3 Å². The van der Waals surface area contributed by atoms with Crippen LogP contribution in [0.15, 0.2) is 53.5 Å². The molecule has 0 saturated carbocycles. The molecule has 0 radical (unpaired) electrons. The third-order valence-corrected chi connectivity index (χ3v) is 3.01. The van der Waals surface area contributed by atoms with E-state index < -0.39 is 0 Å². The van der Waals surface area contributed by atoms with Crippen LogP contribution in [-0.2, 0) is 0 Å². The number of fused-ring (bicyclic) bond motifs is 1. The summed E-state index contributed by atoms with van der Waals surface area (Å²) in [5.41, 5.74) is 2.23. The first-order valence-corrected chi connectivity index (χ1v) is 5.90. The van der Waals surface area contributed by atoms with Gasteiger partial charge in [-0.3, -0.25) is 9.78 Å². The summed E-state index contributed by atoms with van der Waals surface area (Å²) < 4.78 is 5.11. The van der Waals surface area contributed by atoms with Crippen molar-refractivity contribution in [2.45, 2.75) is 0 Å². The van der Waals surface area contributed by atoms with Crippen LogP contribution in [0.5, 0.6) is 5.75 Å². The molecule has 0 amide bonds. The first kappa shape index (κ1) is 11.5. The lowest BCUT2D eigenvalue weighted by Crippen LogP contribution is -2.07. The Balaban J connectivity index is 2.16. The molecule has 3 rings (SSSR count). The third kappa shape index (κ3) is 2.08. The van der Waals surface area contributed by atoms with E-state index >= 15 is 0 Å². The molecule has 0 saturated heterocycles. The molecular weight excluding hydrogens is 240 g/mol. The van der Waals surface area contributed by atoms with Crippen molar-refractivity contribution >= 4 is 10.9 Å². The van der Waals surface area contributed by atoms with Gasteiger partial charge in [0.25, 0.3) is 5.56 Å². The molecule has 0 bridgehead atoms. The highest BCUT2D eigenvalue weighted by atomic mass is 16.5. The minimum Gasteiger partial charge on any atom is -0.497 e. The van der Waals surface area contributed by atoms with Crippen molar-refractivity contribution < 1.29 is 4.74 Å². The lowest BCUT2D eigenvalue weighted by atomic mass is 10.1. The van der Waals surface area contributed by atoms with Gasteiger partial charge in [0.1, 0.15) is 5.75 Å². The monoisotopic (exact) mass is 252 g/mol. The van der Waals surface area contributed by atoms with Crippen molar-refractivity contribution in [3.05, 3.63) is 59.0 Å². The van der Waals surface area contributed by atoms with Crippen molar-refractivity contribution in [1.82, 2.24) is 9.97 Å². The van der Waals surface area contributed by atoms with E-state index in [1.807, 2.05) is 30.3 Å². The number of hydrogen-bond acceptors (Lipinski definition) is 3. The summed E-state index contributed by atoms with van der Waals surface area (Å²) in [4.78, 5) is 19.1. The molecule has 3 aromatic rings. The number of aromatic nitrogens is 2. The number of methoxy groups -OCH3 is 1. The van der Waals surface area contributed by atoms with Crippen LogP contribution in [0.1, 0.15) is 0 Å². The molecule has 0 aliphatic rings. The Morgan fingerprint density at radius 2 is 1.95 bits per heavy atom. The number of aromatic amines is 1. The standard InChI is InChI=1S/C15H12N2O2/c1-19-11-6-4-10(5-7-11)13-9-14-12(15(18)17-13)3-2-8-16-14/h2-9H,1H3,(H,17,18). The molecule has 2 heterocycles. The highest BCUT2D eigenvalue weighted by Crippen LogP contribution is 2.21. The molecule has 19 heavy (non-hydrogen) atoms. The molecular formula is C15H12N2O2. The molecule has 0 aliphatic heterocycles. The van der Waals surface area contributed by atoms with E-state index in [0.29, 0.717) is 10.9 Å². The van der Waals surface area contributed by atoms with Gasteiger partial charge in [0, 0.05) is 6.20 Å². The van der Waals surface area contributed by atoms with Crippen LogP contribution in [0.3, 0.4) is 0 Å². The van der Waals surface area contributed by atoms with Crippen LogP contribution in [0.25, 0.3) is 22.2 Å². The molecule has 1 aromatic carbocycles. The van der Waals surface area contributed by atoms with E-state index in [9.17, 15) is 4.79 Å². The van der Waals surface area contributed by atoms with Gasteiger partial charge in [-0.15, -0.1) is 0 Å². The summed E-state index contributed by atoms with van der Waals surface area (Å²) in [6, 6.07) is 12.9. The van der Waals surface area contributed by atoms with Gasteiger partial charge in [-0.05, 0) is 48.0 Å². The minimum atomic E-state index is -0.128. The van der Waals surface area contributed by atoms with Crippen LogP contribution in [0, 0.1) is 0 Å². The summed E-state index contributed by atoms with van der Waals surface area (Å²) >= 11 is 0. The first-order valence-electron chi connectivity index (χ1n) is 5.90. The van der Waals surface area contributed by atoms with Gasteiger partial charge in [-0.25, -0.2) is 0 Å². The normalized spacial score (nSPS) is 10.6. The molecule has 0 fully saturated rings. The maximum absolute atomic E-state index is 12.0. The topological polar surface area (TPSA) is 55.0 Å². The summed E-state index contributed by atoms with van der Waals surface area (Å²) in [5, 5.41) is 0.597. The highest BCUT2D eigenvalue weighted by molar-refractivity contribution is 5.81. The number of hydrogen-bond donors (Lipinski definition) is 1. The summed E-state index contributed by atoms with van der Waals surface area (Å²) in [6.07, 6.45) is 1.68. The second-order valence-electron chi connectivity index (χ2n) is 4.18.